The summed E-state index contributed by atoms with van der Waals surface area (Å²) in [7, 11) is 3.24. The van der Waals surface area contributed by atoms with Crippen LogP contribution in [0.1, 0.15) is 22.2 Å². The number of aromatic nitrogens is 2. The molecule has 3 rings (SSSR count). The van der Waals surface area contributed by atoms with Gasteiger partial charge in [-0.05, 0) is 6.07 Å². The number of hydrogen-bond acceptors (Lipinski definition) is 4. The number of rotatable bonds is 4. The van der Waals surface area contributed by atoms with E-state index in [0.717, 1.165) is 5.52 Å². The molecule has 0 bridgehead atoms. The second-order valence-corrected chi connectivity index (χ2v) is 5.55. The highest BCUT2D eigenvalue weighted by atomic mass is 16.5. The number of hydrogen-bond donors (Lipinski definition) is 1. The molecule has 0 aliphatic rings. The number of aromatic amines is 1. The van der Waals surface area contributed by atoms with Crippen LogP contribution in [0.2, 0.25) is 0 Å². The number of esters is 1. The molecular formula is C18H17N3O3. The van der Waals surface area contributed by atoms with Crippen LogP contribution in [0, 0.1) is 0 Å². The van der Waals surface area contributed by atoms with Gasteiger partial charge in [-0.2, -0.15) is 5.10 Å². The van der Waals surface area contributed by atoms with Gasteiger partial charge in [-0.25, -0.2) is 4.79 Å². The fourth-order valence-corrected chi connectivity index (χ4v) is 2.41. The normalized spacial score (nSPS) is 11.9. The average Bonchev–Trinajstić information content (AvgIpc) is 3.04. The van der Waals surface area contributed by atoms with Crippen molar-refractivity contribution in [3.8, 4) is 0 Å². The minimum absolute atomic E-state index is 0.165. The molecule has 1 heterocycles. The van der Waals surface area contributed by atoms with Crippen LogP contribution in [0.15, 0.2) is 54.6 Å². The smallest absolute Gasteiger partial charge is 0.360 e. The molecule has 2 aromatic carbocycles. The van der Waals surface area contributed by atoms with Gasteiger partial charge >= 0.3 is 5.97 Å². The molecule has 6 heteroatoms. The van der Waals surface area contributed by atoms with Crippen molar-refractivity contribution in [1.29, 1.82) is 0 Å². The second kappa shape index (κ2) is 6.54. The van der Waals surface area contributed by atoms with Gasteiger partial charge in [0.15, 0.2) is 5.69 Å². The Morgan fingerprint density at radius 3 is 2.42 bits per heavy atom. The van der Waals surface area contributed by atoms with Crippen molar-refractivity contribution >= 4 is 22.8 Å². The first-order valence-corrected chi connectivity index (χ1v) is 7.48. The van der Waals surface area contributed by atoms with Gasteiger partial charge in [0, 0.05) is 25.0 Å². The molecule has 1 aromatic heterocycles. The maximum atomic E-state index is 12.6. The van der Waals surface area contributed by atoms with Crippen molar-refractivity contribution in [1.82, 2.24) is 15.1 Å². The summed E-state index contributed by atoms with van der Waals surface area (Å²) in [4.78, 5) is 26.4. The summed E-state index contributed by atoms with van der Waals surface area (Å²) in [5.74, 6) is -0.953. The number of fused-ring (bicyclic) bond motifs is 1. The predicted molar refractivity (Wildman–Crippen MR) is 89.4 cm³/mol. The summed E-state index contributed by atoms with van der Waals surface area (Å²) in [6, 6.07) is 16.2. The molecule has 3 aromatic rings. The maximum absolute atomic E-state index is 12.6. The lowest BCUT2D eigenvalue weighted by Gasteiger charge is -2.20. The Bertz CT molecular complexity index is 871. The van der Waals surface area contributed by atoms with Crippen molar-refractivity contribution in [2.24, 2.45) is 0 Å². The Labute approximate surface area is 139 Å². The molecule has 0 aliphatic carbocycles. The summed E-state index contributed by atoms with van der Waals surface area (Å²) in [6.45, 7) is 0. The second-order valence-electron chi connectivity index (χ2n) is 5.55. The third-order valence-corrected chi connectivity index (χ3v) is 3.66. The largest absolute Gasteiger partial charge is 0.442 e. The van der Waals surface area contributed by atoms with Crippen LogP contribution in [0.4, 0.5) is 0 Å². The number of benzene rings is 2. The van der Waals surface area contributed by atoms with Crippen LogP contribution in [0.5, 0.6) is 0 Å². The number of likely N-dealkylation sites (N-methyl/N-ethyl adjacent to an activating group) is 1. The molecule has 0 fully saturated rings. The third-order valence-electron chi connectivity index (χ3n) is 3.66. The first-order valence-electron chi connectivity index (χ1n) is 7.48. The lowest BCUT2D eigenvalue weighted by Crippen LogP contribution is -2.31. The molecule has 0 saturated carbocycles. The van der Waals surface area contributed by atoms with E-state index >= 15 is 0 Å². The van der Waals surface area contributed by atoms with Gasteiger partial charge in [0.1, 0.15) is 0 Å². The summed E-state index contributed by atoms with van der Waals surface area (Å²) in [5, 5.41) is 7.47. The molecule has 1 atom stereocenters. The number of carbonyl (C=O) groups excluding carboxylic acids is 2. The van der Waals surface area contributed by atoms with E-state index in [1.54, 1.807) is 44.4 Å². The summed E-state index contributed by atoms with van der Waals surface area (Å²) >= 11 is 0. The first-order chi connectivity index (χ1) is 11.6. The summed E-state index contributed by atoms with van der Waals surface area (Å²) in [6.07, 6.45) is -1.01. The van der Waals surface area contributed by atoms with Crippen LogP contribution in [-0.4, -0.2) is 41.1 Å². The van der Waals surface area contributed by atoms with Gasteiger partial charge in [0.05, 0.1) is 5.52 Å². The lowest BCUT2D eigenvalue weighted by atomic mass is 10.1. The first kappa shape index (κ1) is 15.7. The van der Waals surface area contributed by atoms with Crippen molar-refractivity contribution < 1.29 is 14.3 Å². The number of ether oxygens (including phenoxy) is 1. The third kappa shape index (κ3) is 2.99. The zero-order chi connectivity index (χ0) is 17.1. The molecule has 6 nitrogen and oxygen atoms in total. The van der Waals surface area contributed by atoms with Crippen molar-refractivity contribution in [3.05, 3.63) is 65.9 Å². The number of amides is 1. The predicted octanol–water partition coefficient (Wildman–Crippen LogP) is 2.55. The van der Waals surface area contributed by atoms with Crippen LogP contribution < -0.4 is 0 Å². The van der Waals surface area contributed by atoms with Crippen LogP contribution in [-0.2, 0) is 9.53 Å². The highest BCUT2D eigenvalue weighted by molar-refractivity contribution is 6.02. The van der Waals surface area contributed by atoms with Crippen LogP contribution >= 0.6 is 0 Å². The highest BCUT2D eigenvalue weighted by Crippen LogP contribution is 2.23. The Morgan fingerprint density at radius 2 is 1.71 bits per heavy atom. The van der Waals surface area contributed by atoms with Gasteiger partial charge in [0.2, 0.25) is 6.10 Å². The molecule has 0 aliphatic heterocycles. The zero-order valence-corrected chi connectivity index (χ0v) is 13.4. The topological polar surface area (TPSA) is 75.3 Å². The molecule has 1 amide bonds. The molecule has 0 saturated heterocycles. The van der Waals surface area contributed by atoms with Gasteiger partial charge in [-0.15, -0.1) is 0 Å². The van der Waals surface area contributed by atoms with E-state index in [4.69, 9.17) is 4.74 Å². The fraction of sp³-hybridized carbons (Fsp3) is 0.167. The van der Waals surface area contributed by atoms with E-state index in [-0.39, 0.29) is 11.6 Å². The average molecular weight is 323 g/mol. The minimum atomic E-state index is -1.01. The van der Waals surface area contributed by atoms with Crippen LogP contribution in [0.25, 0.3) is 10.9 Å². The van der Waals surface area contributed by atoms with E-state index in [0.29, 0.717) is 10.9 Å². The summed E-state index contributed by atoms with van der Waals surface area (Å²) in [5.41, 5.74) is 1.52. The molecular weight excluding hydrogens is 306 g/mol. The fourth-order valence-electron chi connectivity index (χ4n) is 2.41. The Balaban J connectivity index is 1.92. The quantitative estimate of drug-likeness (QED) is 0.749. The van der Waals surface area contributed by atoms with Gasteiger partial charge in [-0.1, -0.05) is 48.5 Å². The molecule has 1 N–H and O–H groups in total. The Morgan fingerprint density at radius 1 is 1.04 bits per heavy atom. The maximum Gasteiger partial charge on any atom is 0.360 e. The zero-order valence-electron chi connectivity index (χ0n) is 13.4. The minimum Gasteiger partial charge on any atom is -0.442 e. The van der Waals surface area contributed by atoms with Crippen molar-refractivity contribution in [2.75, 3.05) is 14.1 Å². The molecule has 0 unspecified atom stereocenters. The summed E-state index contributed by atoms with van der Waals surface area (Å²) < 4.78 is 5.50. The van der Waals surface area contributed by atoms with E-state index in [9.17, 15) is 9.59 Å². The molecule has 0 spiro atoms. The monoisotopic (exact) mass is 323 g/mol. The number of nitrogens with zero attached hydrogens (tertiary/aromatic N) is 2. The molecule has 122 valence electrons. The van der Waals surface area contributed by atoms with Gasteiger partial charge < -0.3 is 9.64 Å². The van der Waals surface area contributed by atoms with Crippen molar-refractivity contribution in [2.45, 2.75) is 6.10 Å². The number of nitrogens with one attached hydrogen (secondary N) is 1. The number of H-pyrrole nitrogens is 1. The lowest BCUT2D eigenvalue weighted by molar-refractivity contribution is -0.138. The standard InChI is InChI=1S/C18H17N3O3/c1-21(2)17(22)16(12-8-4-3-5-9-12)24-18(23)15-13-10-6-7-11-14(13)19-20-15/h3-11,16H,1-2H3,(H,19,20)/t16-/m0/s1. The highest BCUT2D eigenvalue weighted by Gasteiger charge is 2.28. The van der Waals surface area contributed by atoms with E-state index in [1.807, 2.05) is 24.3 Å². The van der Waals surface area contributed by atoms with Crippen molar-refractivity contribution in [3.63, 3.8) is 0 Å². The Kier molecular flexibility index (Phi) is 4.29. The number of carbonyl (C=O) groups is 2. The molecule has 0 radical (unpaired) electrons. The van der Waals surface area contributed by atoms with Gasteiger partial charge in [-0.3, -0.25) is 9.89 Å². The van der Waals surface area contributed by atoms with E-state index in [1.165, 1.54) is 4.90 Å². The Hall–Kier alpha value is -3.15. The molecule has 24 heavy (non-hydrogen) atoms. The van der Waals surface area contributed by atoms with E-state index < -0.39 is 12.1 Å². The van der Waals surface area contributed by atoms with E-state index in [2.05, 4.69) is 10.2 Å². The number of para-hydroxylation sites is 1. The van der Waals surface area contributed by atoms with Crippen LogP contribution in [0.3, 0.4) is 0 Å². The SMILES string of the molecule is CN(C)C(=O)[C@@H](OC(=O)c1n[nH]c2ccccc12)c1ccccc1. The van der Waals surface area contributed by atoms with Gasteiger partial charge in [0.25, 0.3) is 5.91 Å².